The average Bonchev–Trinajstić information content (AvgIpc) is 2.60. The van der Waals surface area contributed by atoms with Gasteiger partial charge in [-0.25, -0.2) is 4.79 Å². The number of hydrogen-bond acceptors (Lipinski definition) is 4. The molecule has 1 amide bonds. The Morgan fingerprint density at radius 2 is 1.52 bits per heavy atom. The molecule has 0 saturated heterocycles. The Kier molecular flexibility index (Phi) is 11.5. The van der Waals surface area contributed by atoms with Crippen LogP contribution in [0.3, 0.4) is 0 Å². The number of nitrogen functional groups attached to an aromatic ring is 1. The summed E-state index contributed by atoms with van der Waals surface area (Å²) in [4.78, 5) is 14.3. The molecule has 0 aromatic heterocycles. The predicted molar refractivity (Wildman–Crippen MR) is 106 cm³/mol. The average molecular weight is 350 g/mol. The van der Waals surface area contributed by atoms with E-state index in [1.54, 1.807) is 24.3 Å². The Morgan fingerprint density at radius 1 is 0.960 bits per heavy atom. The Bertz CT molecular complexity index is 453. The Balaban J connectivity index is 2.21. The number of nitrogens with two attached hydrogens (primary N) is 1. The second kappa shape index (κ2) is 13.5. The highest BCUT2D eigenvalue weighted by molar-refractivity contribution is 5.84. The molecular weight excluding hydrogens is 314 g/mol. The molecule has 0 atom stereocenters. The van der Waals surface area contributed by atoms with Crippen LogP contribution in [-0.4, -0.2) is 37.2 Å². The van der Waals surface area contributed by atoms with Gasteiger partial charge in [0, 0.05) is 17.9 Å². The van der Waals surface area contributed by atoms with E-state index in [1.165, 1.54) is 38.5 Å². The fourth-order valence-electron chi connectivity index (χ4n) is 2.68. The Hall–Kier alpha value is -1.75. The maximum Gasteiger partial charge on any atom is 0.411 e. The first-order chi connectivity index (χ1) is 12.2. The van der Waals surface area contributed by atoms with Crippen LogP contribution < -0.4 is 11.1 Å². The molecule has 25 heavy (non-hydrogen) atoms. The zero-order chi connectivity index (χ0) is 18.3. The third-order valence-corrected chi connectivity index (χ3v) is 4.16. The number of anilines is 2. The van der Waals surface area contributed by atoms with Crippen LogP contribution in [0.25, 0.3) is 0 Å². The number of nitrogens with one attached hydrogen (secondary N) is 1. The summed E-state index contributed by atoms with van der Waals surface area (Å²) in [6, 6.07) is 7.03. The molecule has 0 aliphatic carbocycles. The highest BCUT2D eigenvalue weighted by Crippen LogP contribution is 2.10. The number of amides is 1. The van der Waals surface area contributed by atoms with Crippen LogP contribution in [0.2, 0.25) is 0 Å². The van der Waals surface area contributed by atoms with Crippen LogP contribution in [-0.2, 0) is 4.74 Å². The van der Waals surface area contributed by atoms with Crippen molar-refractivity contribution in [2.75, 3.05) is 37.3 Å². The smallest absolute Gasteiger partial charge is 0.411 e. The summed E-state index contributed by atoms with van der Waals surface area (Å²) >= 11 is 0. The van der Waals surface area contributed by atoms with E-state index in [4.69, 9.17) is 10.5 Å². The number of carbonyl (C=O) groups is 1. The number of unbranched alkanes of at least 4 members (excludes halogenated alkanes) is 4. The number of nitrogens with zero attached hydrogens (tertiary/aromatic N) is 1. The minimum atomic E-state index is -0.409. The molecule has 0 aliphatic heterocycles. The normalized spacial score (nSPS) is 10.8. The second-order valence-electron chi connectivity index (χ2n) is 6.49. The lowest BCUT2D eigenvalue weighted by Gasteiger charge is -2.22. The Labute approximate surface area is 152 Å². The van der Waals surface area contributed by atoms with E-state index in [0.29, 0.717) is 18.0 Å². The van der Waals surface area contributed by atoms with Crippen molar-refractivity contribution in [1.82, 2.24) is 4.90 Å². The molecule has 5 nitrogen and oxygen atoms in total. The summed E-state index contributed by atoms with van der Waals surface area (Å²) in [5.41, 5.74) is 6.99. The first kappa shape index (κ1) is 21.3. The van der Waals surface area contributed by atoms with Crippen molar-refractivity contribution in [3.63, 3.8) is 0 Å². The van der Waals surface area contributed by atoms with Gasteiger partial charge in [0.15, 0.2) is 0 Å². The first-order valence-electron chi connectivity index (χ1n) is 9.67. The van der Waals surface area contributed by atoms with E-state index in [-0.39, 0.29) is 0 Å². The minimum absolute atomic E-state index is 0.409. The van der Waals surface area contributed by atoms with Crippen molar-refractivity contribution < 1.29 is 9.53 Å². The SMILES string of the molecule is CCCCCN(CCCCC)CCCOC(=O)Nc1ccc(N)cc1. The van der Waals surface area contributed by atoms with E-state index in [2.05, 4.69) is 24.1 Å². The van der Waals surface area contributed by atoms with Crippen LogP contribution >= 0.6 is 0 Å². The highest BCUT2D eigenvalue weighted by atomic mass is 16.5. The summed E-state index contributed by atoms with van der Waals surface area (Å²) in [5.74, 6) is 0. The van der Waals surface area contributed by atoms with Crippen molar-refractivity contribution in [3.8, 4) is 0 Å². The summed E-state index contributed by atoms with van der Waals surface area (Å²) < 4.78 is 5.27. The molecule has 0 bridgehead atoms. The number of carbonyl (C=O) groups excluding carboxylic acids is 1. The highest BCUT2D eigenvalue weighted by Gasteiger charge is 2.06. The third-order valence-electron chi connectivity index (χ3n) is 4.16. The number of ether oxygens (including phenoxy) is 1. The maximum atomic E-state index is 11.8. The molecule has 0 saturated carbocycles. The lowest BCUT2D eigenvalue weighted by atomic mass is 10.2. The van der Waals surface area contributed by atoms with Gasteiger partial charge in [-0.15, -0.1) is 0 Å². The lowest BCUT2D eigenvalue weighted by Crippen LogP contribution is -2.28. The molecule has 0 fully saturated rings. The molecule has 0 unspecified atom stereocenters. The van der Waals surface area contributed by atoms with Gasteiger partial charge in [0.2, 0.25) is 0 Å². The van der Waals surface area contributed by atoms with Gasteiger partial charge in [-0.05, 0) is 56.6 Å². The van der Waals surface area contributed by atoms with Gasteiger partial charge >= 0.3 is 6.09 Å². The van der Waals surface area contributed by atoms with Crippen LogP contribution in [0, 0.1) is 0 Å². The van der Waals surface area contributed by atoms with E-state index in [1.807, 2.05) is 0 Å². The molecule has 1 rings (SSSR count). The third kappa shape index (κ3) is 10.7. The second-order valence-corrected chi connectivity index (χ2v) is 6.49. The van der Waals surface area contributed by atoms with E-state index in [9.17, 15) is 4.79 Å². The molecular formula is C20H35N3O2. The number of rotatable bonds is 13. The van der Waals surface area contributed by atoms with Crippen molar-refractivity contribution in [2.45, 2.75) is 58.8 Å². The van der Waals surface area contributed by atoms with Gasteiger partial charge < -0.3 is 15.4 Å². The van der Waals surface area contributed by atoms with Gasteiger partial charge in [0.25, 0.3) is 0 Å². The summed E-state index contributed by atoms with van der Waals surface area (Å²) in [6.45, 7) is 8.19. The van der Waals surface area contributed by atoms with Gasteiger partial charge in [-0.1, -0.05) is 39.5 Å². The van der Waals surface area contributed by atoms with Crippen molar-refractivity contribution in [1.29, 1.82) is 0 Å². The standard InChI is InChI=1S/C20H35N3O2/c1-3-5-7-14-23(15-8-6-4-2)16-9-17-25-20(24)22-19-12-10-18(21)11-13-19/h10-13H,3-9,14-17,21H2,1-2H3,(H,22,24). The summed E-state index contributed by atoms with van der Waals surface area (Å²) in [5, 5.41) is 2.71. The molecule has 1 aromatic rings. The van der Waals surface area contributed by atoms with Crippen molar-refractivity contribution >= 4 is 17.5 Å². The lowest BCUT2D eigenvalue weighted by molar-refractivity contribution is 0.151. The molecule has 0 heterocycles. The van der Waals surface area contributed by atoms with Crippen LogP contribution in [0.1, 0.15) is 58.8 Å². The topological polar surface area (TPSA) is 67.6 Å². The van der Waals surface area contributed by atoms with Crippen LogP contribution in [0.5, 0.6) is 0 Å². The van der Waals surface area contributed by atoms with Gasteiger partial charge in [0.1, 0.15) is 0 Å². The summed E-state index contributed by atoms with van der Waals surface area (Å²) in [6.07, 6.45) is 8.02. The summed E-state index contributed by atoms with van der Waals surface area (Å²) in [7, 11) is 0. The van der Waals surface area contributed by atoms with Gasteiger partial charge in [0.05, 0.1) is 6.61 Å². The molecule has 3 N–H and O–H groups in total. The monoisotopic (exact) mass is 349 g/mol. The quantitative estimate of drug-likeness (QED) is 0.393. The van der Waals surface area contributed by atoms with Crippen LogP contribution in [0.4, 0.5) is 16.2 Å². The van der Waals surface area contributed by atoms with E-state index in [0.717, 1.165) is 26.1 Å². The fraction of sp³-hybridized carbons (Fsp3) is 0.650. The molecule has 0 radical (unpaired) electrons. The zero-order valence-corrected chi connectivity index (χ0v) is 15.9. The molecule has 0 aliphatic rings. The first-order valence-corrected chi connectivity index (χ1v) is 9.67. The van der Waals surface area contributed by atoms with E-state index >= 15 is 0 Å². The maximum absolute atomic E-state index is 11.8. The minimum Gasteiger partial charge on any atom is -0.449 e. The molecule has 5 heteroatoms. The Morgan fingerprint density at radius 3 is 2.08 bits per heavy atom. The predicted octanol–water partition coefficient (Wildman–Crippen LogP) is 4.89. The molecule has 1 aromatic carbocycles. The number of hydrogen-bond donors (Lipinski definition) is 2. The van der Waals surface area contributed by atoms with Gasteiger partial charge in [-0.3, -0.25) is 5.32 Å². The molecule has 142 valence electrons. The van der Waals surface area contributed by atoms with E-state index < -0.39 is 6.09 Å². The fourth-order valence-corrected chi connectivity index (χ4v) is 2.68. The zero-order valence-electron chi connectivity index (χ0n) is 15.9. The van der Waals surface area contributed by atoms with Gasteiger partial charge in [-0.2, -0.15) is 0 Å². The largest absolute Gasteiger partial charge is 0.449 e. The number of benzene rings is 1. The molecule has 0 spiro atoms. The van der Waals surface area contributed by atoms with Crippen molar-refractivity contribution in [3.05, 3.63) is 24.3 Å². The van der Waals surface area contributed by atoms with Crippen molar-refractivity contribution in [2.24, 2.45) is 0 Å². The van der Waals surface area contributed by atoms with Crippen LogP contribution in [0.15, 0.2) is 24.3 Å².